The number of hydrogen-bond donors (Lipinski definition) is 0. The van der Waals surface area contributed by atoms with Gasteiger partial charge in [0.25, 0.3) is 0 Å². The van der Waals surface area contributed by atoms with Gasteiger partial charge in [0, 0.05) is 0 Å². The maximum Gasteiger partial charge on any atom is -0.0279 e. The molecule has 0 heterocycles. The molecule has 0 aliphatic rings. The molecule has 2 aromatic rings. The Hall–Kier alpha value is -1.56. The van der Waals surface area contributed by atoms with Crippen LogP contribution in [0.25, 0.3) is 0 Å². The van der Waals surface area contributed by atoms with E-state index in [-0.39, 0.29) is 0 Å². The molecule has 0 heteroatoms. The molecule has 0 N–H and O–H groups in total. The molecule has 0 unspecified atom stereocenters. The van der Waals surface area contributed by atoms with Crippen molar-refractivity contribution in [3.05, 3.63) is 70.8 Å². The second kappa shape index (κ2) is 22.4. The van der Waals surface area contributed by atoms with E-state index in [1.54, 1.807) is 0 Å². The molecule has 0 aliphatic heterocycles. The molecule has 0 spiro atoms. The molecule has 0 saturated heterocycles. The van der Waals surface area contributed by atoms with Crippen LogP contribution in [-0.4, -0.2) is 0 Å². The summed E-state index contributed by atoms with van der Waals surface area (Å²) in [6, 6.07) is 17.2. The lowest BCUT2D eigenvalue weighted by molar-refractivity contribution is 0.913. The van der Waals surface area contributed by atoms with E-state index >= 15 is 0 Å². The third-order valence-corrected chi connectivity index (χ3v) is 3.31. The average Bonchev–Trinajstić information content (AvgIpc) is 2.70. The fourth-order valence-electron chi connectivity index (χ4n) is 1.98. The summed E-state index contributed by atoms with van der Waals surface area (Å²) >= 11 is 0. The van der Waals surface area contributed by atoms with Gasteiger partial charge in [-0.2, -0.15) is 0 Å². The monoisotopic (exact) mass is 344 g/mol. The van der Waals surface area contributed by atoms with Crippen LogP contribution in [0.4, 0.5) is 0 Å². The zero-order valence-electron chi connectivity index (χ0n) is 18.7. The zero-order chi connectivity index (χ0) is 20.1. The van der Waals surface area contributed by atoms with Crippen LogP contribution in [0.5, 0.6) is 0 Å². The number of aryl methyl sites for hydroxylation is 4. The van der Waals surface area contributed by atoms with Crippen LogP contribution in [0, 0.1) is 13.8 Å². The molecule has 25 heavy (non-hydrogen) atoms. The largest absolute Gasteiger partial charge is 0.0683 e. The molecule has 0 atom stereocenters. The summed E-state index contributed by atoms with van der Waals surface area (Å²) in [6.45, 7) is 20.7. The minimum Gasteiger partial charge on any atom is -0.0683 e. The van der Waals surface area contributed by atoms with Crippen LogP contribution in [-0.2, 0) is 12.8 Å². The maximum absolute atomic E-state index is 2.21. The number of rotatable bonds is 3. The molecular formula is C25H44. The summed E-state index contributed by atoms with van der Waals surface area (Å²) in [6.07, 6.45) is 3.60. The molecule has 0 radical (unpaired) electrons. The van der Waals surface area contributed by atoms with Gasteiger partial charge in [0.1, 0.15) is 0 Å². The van der Waals surface area contributed by atoms with Crippen LogP contribution in [0.15, 0.2) is 48.5 Å². The lowest BCUT2D eigenvalue weighted by Crippen LogP contribution is -1.85. The molecular weight excluding hydrogens is 300 g/mol. The van der Waals surface area contributed by atoms with Gasteiger partial charge in [0.2, 0.25) is 0 Å². The van der Waals surface area contributed by atoms with Crippen molar-refractivity contribution in [3.63, 3.8) is 0 Å². The highest BCUT2D eigenvalue weighted by molar-refractivity contribution is 5.25. The van der Waals surface area contributed by atoms with Crippen LogP contribution >= 0.6 is 0 Å². The van der Waals surface area contributed by atoms with Gasteiger partial charge in [0.15, 0.2) is 0 Å². The fourth-order valence-corrected chi connectivity index (χ4v) is 1.98. The molecule has 144 valence electrons. The smallest absolute Gasteiger partial charge is 0.0279 e. The zero-order valence-corrected chi connectivity index (χ0v) is 18.7. The first kappa shape index (κ1) is 28.3. The first-order chi connectivity index (χ1) is 12.2. The summed E-state index contributed by atoms with van der Waals surface area (Å²) in [5.74, 6) is 0. The Labute approximate surface area is 159 Å². The van der Waals surface area contributed by atoms with Crippen LogP contribution in [0.2, 0.25) is 0 Å². The van der Waals surface area contributed by atoms with E-state index in [1.807, 2.05) is 41.5 Å². The third-order valence-electron chi connectivity index (χ3n) is 3.31. The van der Waals surface area contributed by atoms with Gasteiger partial charge < -0.3 is 0 Å². The molecule has 0 aromatic heterocycles. The van der Waals surface area contributed by atoms with E-state index in [2.05, 4.69) is 76.2 Å². The Morgan fingerprint density at radius 1 is 0.640 bits per heavy atom. The summed E-state index contributed by atoms with van der Waals surface area (Å²) in [7, 11) is 0. The van der Waals surface area contributed by atoms with E-state index in [1.165, 1.54) is 35.1 Å². The number of benzene rings is 2. The van der Waals surface area contributed by atoms with Gasteiger partial charge in [-0.15, -0.1) is 0 Å². The lowest BCUT2D eigenvalue weighted by Gasteiger charge is -2.01. The van der Waals surface area contributed by atoms with Gasteiger partial charge in [-0.25, -0.2) is 0 Å². The van der Waals surface area contributed by atoms with Gasteiger partial charge in [0.05, 0.1) is 0 Å². The van der Waals surface area contributed by atoms with Gasteiger partial charge in [-0.1, -0.05) is 116 Å². The topological polar surface area (TPSA) is 0 Å². The Morgan fingerprint density at radius 3 is 1.52 bits per heavy atom. The van der Waals surface area contributed by atoms with Gasteiger partial charge >= 0.3 is 0 Å². The van der Waals surface area contributed by atoms with Crippen molar-refractivity contribution in [2.24, 2.45) is 0 Å². The second-order valence-electron chi connectivity index (χ2n) is 5.02. The van der Waals surface area contributed by atoms with Crippen LogP contribution in [0.3, 0.4) is 0 Å². The van der Waals surface area contributed by atoms with Gasteiger partial charge in [-0.3, -0.25) is 0 Å². The molecule has 0 saturated carbocycles. The molecule has 0 bridgehead atoms. The van der Waals surface area contributed by atoms with E-state index < -0.39 is 0 Å². The van der Waals surface area contributed by atoms with Crippen molar-refractivity contribution < 1.29 is 0 Å². The molecule has 2 rings (SSSR count). The Morgan fingerprint density at radius 2 is 1.12 bits per heavy atom. The van der Waals surface area contributed by atoms with Crippen LogP contribution in [0.1, 0.15) is 84.1 Å². The highest BCUT2D eigenvalue weighted by Crippen LogP contribution is 2.08. The van der Waals surface area contributed by atoms with Crippen molar-refractivity contribution in [3.8, 4) is 0 Å². The summed E-state index contributed by atoms with van der Waals surface area (Å²) in [4.78, 5) is 0. The number of hydrogen-bond acceptors (Lipinski definition) is 0. The van der Waals surface area contributed by atoms with Crippen molar-refractivity contribution in [2.75, 3.05) is 0 Å². The SMILES string of the molecule is CC.CC.CC.CCCc1ccccc1C.CCc1ccc(C)cc1. The Balaban J connectivity index is -0.000000299. The van der Waals surface area contributed by atoms with Crippen molar-refractivity contribution in [1.82, 2.24) is 0 Å². The molecule has 0 aliphatic carbocycles. The lowest BCUT2D eigenvalue weighted by atomic mass is 10.1. The minimum atomic E-state index is 1.14. The van der Waals surface area contributed by atoms with Crippen molar-refractivity contribution in [2.45, 2.75) is 88.5 Å². The standard InChI is InChI=1S/C10H14.C9H12.3C2H6/c1-3-6-10-8-5-4-7-9(10)2;1-3-9-6-4-8(2)5-7-9;3*1-2/h4-5,7-8H,3,6H2,1-2H3;4-7H,3H2,1-2H3;3*1-2H3. The van der Waals surface area contributed by atoms with Gasteiger partial charge in [-0.05, 0) is 43.4 Å². The van der Waals surface area contributed by atoms with E-state index in [4.69, 9.17) is 0 Å². The average molecular weight is 345 g/mol. The molecule has 0 amide bonds. The predicted molar refractivity (Wildman–Crippen MR) is 120 cm³/mol. The molecule has 0 fully saturated rings. The van der Waals surface area contributed by atoms with E-state index in [0.717, 1.165) is 6.42 Å². The second-order valence-corrected chi connectivity index (χ2v) is 5.02. The Kier molecular flexibility index (Phi) is 25.4. The maximum atomic E-state index is 2.21. The van der Waals surface area contributed by atoms with Crippen LogP contribution < -0.4 is 0 Å². The summed E-state index contributed by atoms with van der Waals surface area (Å²) in [5, 5.41) is 0. The first-order valence-corrected chi connectivity index (χ1v) is 10.3. The highest BCUT2D eigenvalue weighted by atomic mass is 14.0. The quantitative estimate of drug-likeness (QED) is 0.523. The molecule has 2 aromatic carbocycles. The predicted octanol–water partition coefficient (Wildman–Crippen LogP) is 8.58. The Bertz CT molecular complexity index is 466. The minimum absolute atomic E-state index is 1.14. The third kappa shape index (κ3) is 15.7. The summed E-state index contributed by atoms with van der Waals surface area (Å²) < 4.78 is 0. The summed E-state index contributed by atoms with van der Waals surface area (Å²) in [5.41, 5.74) is 5.67. The van der Waals surface area contributed by atoms with Crippen molar-refractivity contribution in [1.29, 1.82) is 0 Å². The normalized spacial score (nSPS) is 8.08. The fraction of sp³-hybridized carbons (Fsp3) is 0.520. The van der Waals surface area contributed by atoms with Crippen molar-refractivity contribution >= 4 is 0 Å². The molecule has 0 nitrogen and oxygen atoms in total. The first-order valence-electron chi connectivity index (χ1n) is 10.3. The highest BCUT2D eigenvalue weighted by Gasteiger charge is 1.92. The van der Waals surface area contributed by atoms with E-state index in [9.17, 15) is 0 Å². The van der Waals surface area contributed by atoms with E-state index in [0.29, 0.717) is 0 Å².